The number of likely N-dealkylation sites (tertiary alicyclic amines) is 3. The van der Waals surface area contributed by atoms with E-state index in [9.17, 15) is 28.8 Å². The highest BCUT2D eigenvalue weighted by Gasteiger charge is 2.56. The molecule has 15 rings (SSSR count). The average Bonchev–Trinajstić information content (AvgIpc) is 1.59. The van der Waals surface area contributed by atoms with Crippen molar-refractivity contribution in [3.8, 4) is 104 Å². The predicted octanol–water partition coefficient (Wildman–Crippen LogP) is 11.4. The van der Waals surface area contributed by atoms with Crippen molar-refractivity contribution in [2.75, 3.05) is 36.8 Å². The number of pyridine rings is 3. The van der Waals surface area contributed by atoms with Crippen LogP contribution in [0.2, 0.25) is 15.1 Å². The van der Waals surface area contributed by atoms with E-state index in [0.717, 1.165) is 77.0 Å². The molecule has 30 heteroatoms. The van der Waals surface area contributed by atoms with Crippen molar-refractivity contribution in [2.24, 2.45) is 17.2 Å². The Morgan fingerprint density at radius 1 is 0.389 bits per heavy atom. The Labute approximate surface area is 636 Å². The molecule has 552 valence electrons. The number of amides is 6. The van der Waals surface area contributed by atoms with Gasteiger partial charge in [0, 0.05) is 89.7 Å². The van der Waals surface area contributed by atoms with Crippen molar-refractivity contribution < 1.29 is 43.0 Å². The first-order chi connectivity index (χ1) is 51.9. The fraction of sp³-hybridized carbons (Fsp3) is 0.308. The normalized spacial score (nSPS) is 17.8. The summed E-state index contributed by atoms with van der Waals surface area (Å²) in [7, 11) is 0. The van der Waals surface area contributed by atoms with Crippen molar-refractivity contribution in [3.05, 3.63) is 160 Å². The molecular weight excluding hydrogens is 1440 g/mol. The third-order valence-corrected chi connectivity index (χ3v) is 21.1. The van der Waals surface area contributed by atoms with E-state index in [1.54, 1.807) is 144 Å². The highest BCUT2D eigenvalue weighted by Crippen LogP contribution is 2.53. The summed E-state index contributed by atoms with van der Waals surface area (Å²) >= 11 is 17.6. The lowest BCUT2D eigenvalue weighted by atomic mass is 9.96. The molecular formula is C78H75Cl3N18O9. The molecule has 1 unspecified atom stereocenters. The molecule has 3 aliphatic carbocycles. The van der Waals surface area contributed by atoms with Gasteiger partial charge >= 0.3 is 0 Å². The van der Waals surface area contributed by atoms with Gasteiger partial charge in [-0.25, -0.2) is 29.0 Å². The molecule has 3 aliphatic heterocycles. The number of nitrogens with two attached hydrogens (primary N) is 6. The number of halogens is 3. The fourth-order valence-corrected chi connectivity index (χ4v) is 14.7. The monoisotopic (exact) mass is 1510 g/mol. The average molecular weight is 1510 g/mol. The number of primary amides is 3. The van der Waals surface area contributed by atoms with Gasteiger partial charge in [-0.3, -0.25) is 28.8 Å². The molecule has 12 N–H and O–H groups in total. The van der Waals surface area contributed by atoms with Crippen LogP contribution in [0.1, 0.15) is 147 Å². The highest BCUT2D eigenvalue weighted by atomic mass is 35.5. The molecule has 108 heavy (non-hydrogen) atoms. The zero-order chi connectivity index (χ0) is 76.3. The van der Waals surface area contributed by atoms with Crippen molar-refractivity contribution in [1.29, 1.82) is 0 Å². The molecule has 3 saturated heterocycles. The van der Waals surface area contributed by atoms with E-state index >= 15 is 0 Å². The molecule has 3 aromatic carbocycles. The van der Waals surface area contributed by atoms with E-state index in [-0.39, 0.29) is 86.6 Å². The van der Waals surface area contributed by atoms with Crippen LogP contribution in [0.25, 0.3) is 33.8 Å². The zero-order valence-corrected chi connectivity index (χ0v) is 61.4. The Kier molecular flexibility index (Phi) is 21.1. The summed E-state index contributed by atoms with van der Waals surface area (Å²) in [4.78, 5) is 93.1. The van der Waals surface area contributed by atoms with Gasteiger partial charge in [0.25, 0.3) is 35.4 Å². The highest BCUT2D eigenvalue weighted by molar-refractivity contribution is 6.31. The Morgan fingerprint density at radius 3 is 0.843 bits per heavy atom. The topological polar surface area (TPSA) is 388 Å². The second-order valence-electron chi connectivity index (χ2n) is 27.2. The van der Waals surface area contributed by atoms with Crippen LogP contribution in [0.4, 0.5) is 17.5 Å². The van der Waals surface area contributed by atoms with Gasteiger partial charge in [0.15, 0.2) is 0 Å². The minimum atomic E-state index is -0.668. The number of benzene rings is 3. The summed E-state index contributed by atoms with van der Waals surface area (Å²) in [6, 6.07) is 30.6. The quantitative estimate of drug-likeness (QED) is 0.0519. The third-order valence-electron chi connectivity index (χ3n) is 20.4. The number of aromatic nitrogens is 9. The molecule has 9 aromatic rings. The molecule has 9 heterocycles. The van der Waals surface area contributed by atoms with Gasteiger partial charge in [-0.2, -0.15) is 15.3 Å². The smallest absolute Gasteiger partial charge is 0.298 e. The van der Waals surface area contributed by atoms with Crippen LogP contribution >= 0.6 is 34.8 Å². The second-order valence-corrected chi connectivity index (χ2v) is 28.5. The summed E-state index contributed by atoms with van der Waals surface area (Å²) in [5.41, 5.74) is 39.6. The second kappa shape index (κ2) is 30.8. The Morgan fingerprint density at radius 2 is 0.639 bits per heavy atom. The Hall–Kier alpha value is -12.1. The summed E-state index contributed by atoms with van der Waals surface area (Å²) in [6.07, 6.45) is 15.2. The lowest BCUT2D eigenvalue weighted by Gasteiger charge is -2.39. The largest absolute Gasteiger partial charge is 0.439 e. The number of ether oxygens (including phenoxy) is 3. The Balaban J connectivity index is 0.000000143. The zero-order valence-electron chi connectivity index (χ0n) is 59.1. The maximum absolute atomic E-state index is 12.7. The van der Waals surface area contributed by atoms with Crippen LogP contribution in [0, 0.1) is 35.5 Å². The summed E-state index contributed by atoms with van der Waals surface area (Å²) in [5.74, 6) is 16.9. The molecule has 6 aliphatic rings. The summed E-state index contributed by atoms with van der Waals surface area (Å²) in [6.45, 7) is 6.24. The lowest BCUT2D eigenvalue weighted by molar-refractivity contribution is -0.131. The van der Waals surface area contributed by atoms with Crippen LogP contribution in [0.3, 0.4) is 0 Å². The number of piperidine rings is 3. The predicted molar refractivity (Wildman–Crippen MR) is 406 cm³/mol. The molecule has 6 fully saturated rings. The van der Waals surface area contributed by atoms with E-state index in [0.29, 0.717) is 103 Å². The van der Waals surface area contributed by atoms with Crippen molar-refractivity contribution in [2.45, 2.75) is 133 Å². The number of carbonyl (C=O) groups excluding carboxylic acids is 6. The van der Waals surface area contributed by atoms with Crippen molar-refractivity contribution >= 4 is 87.7 Å². The molecule has 3 atom stereocenters. The van der Waals surface area contributed by atoms with Gasteiger partial charge in [0.2, 0.25) is 17.6 Å². The first-order valence-electron chi connectivity index (χ1n) is 34.9. The first kappa shape index (κ1) is 74.2. The summed E-state index contributed by atoms with van der Waals surface area (Å²) in [5, 5.41) is 15.7. The number of rotatable bonds is 15. The molecule has 6 amide bonds. The number of hydrogen-bond donors (Lipinski definition) is 6. The van der Waals surface area contributed by atoms with Gasteiger partial charge in [-0.15, -0.1) is 0 Å². The molecule has 0 bridgehead atoms. The minimum absolute atomic E-state index is 0.108. The standard InChI is InChI=1S/3C26H25ClN6O3/c3*1-2-3-21(34)32-15-18(10-11-26(32)12-13-26)33-24(28)22(25(29)35)23(31-33)16-4-7-19(8-5-16)36-20-9-6-17(27)14-30-20/h3*4-9,14,18H,10-13,15,28H2,1H3,(H2,29,35)/t2*18-;/m10./s1. The number of nitrogens with zero attached hydrogens (tertiary/aromatic N) is 12. The number of hydrogen-bond acceptors (Lipinski definition) is 18. The minimum Gasteiger partial charge on any atom is -0.439 e. The molecule has 6 aromatic heterocycles. The van der Waals surface area contributed by atoms with Crippen LogP contribution in [-0.2, 0) is 14.4 Å². The first-order valence-corrected chi connectivity index (χ1v) is 36.0. The van der Waals surface area contributed by atoms with Gasteiger partial charge < -0.3 is 63.3 Å². The van der Waals surface area contributed by atoms with Crippen LogP contribution in [0.5, 0.6) is 34.9 Å². The van der Waals surface area contributed by atoms with Gasteiger partial charge in [0.05, 0.1) is 33.2 Å². The van der Waals surface area contributed by atoms with Gasteiger partial charge in [0.1, 0.15) is 68.5 Å². The third kappa shape index (κ3) is 15.6. The van der Waals surface area contributed by atoms with E-state index in [4.69, 9.17) is 98.7 Å². The van der Waals surface area contributed by atoms with Crippen LogP contribution < -0.4 is 48.6 Å². The number of carbonyl (C=O) groups is 6. The maximum atomic E-state index is 12.7. The molecule has 27 nitrogen and oxygen atoms in total. The molecule has 3 saturated carbocycles. The van der Waals surface area contributed by atoms with Gasteiger partial charge in [-0.05, 0) is 207 Å². The van der Waals surface area contributed by atoms with E-state index in [1.807, 2.05) is 14.7 Å². The number of nitrogen functional groups attached to an aromatic ring is 3. The fourth-order valence-electron chi connectivity index (χ4n) is 14.4. The Bertz CT molecular complexity index is 4660. The van der Waals surface area contributed by atoms with Crippen molar-refractivity contribution in [1.82, 2.24) is 59.0 Å². The molecule has 3 spiro atoms. The number of anilines is 3. The SMILES string of the molecule is CC#CC(=O)N1CC(n2nc(-c3ccc(Oc4ccc(Cl)cn4)cc3)c(C(N)=O)c2N)CCC12CC2.CC#CC(=O)N1C[C@@H](n2nc(-c3ccc(Oc4ccc(Cl)cn4)cc3)c(C(N)=O)c2N)CCC12CC2.CC#CC(=O)N1C[C@H](n2nc(-c3ccc(Oc4ccc(Cl)cn4)cc3)c(C(N)=O)c2N)CCC12CC2. The van der Waals surface area contributed by atoms with Crippen LogP contribution in [-0.4, -0.2) is 131 Å². The lowest BCUT2D eigenvalue weighted by Crippen LogP contribution is -2.49. The van der Waals surface area contributed by atoms with Gasteiger partial charge in [-0.1, -0.05) is 52.6 Å². The van der Waals surface area contributed by atoms with E-state index in [1.165, 1.54) is 18.6 Å². The van der Waals surface area contributed by atoms with E-state index in [2.05, 4.69) is 50.5 Å². The van der Waals surface area contributed by atoms with Crippen molar-refractivity contribution in [3.63, 3.8) is 0 Å². The van der Waals surface area contributed by atoms with Crippen LogP contribution in [0.15, 0.2) is 128 Å². The maximum Gasteiger partial charge on any atom is 0.298 e. The molecule has 0 radical (unpaired) electrons. The summed E-state index contributed by atoms with van der Waals surface area (Å²) < 4.78 is 22.1. The van der Waals surface area contributed by atoms with E-state index < -0.39 is 17.7 Å².